The van der Waals surface area contributed by atoms with Crippen LogP contribution in [0.25, 0.3) is 10.9 Å². The second-order valence-corrected chi connectivity index (χ2v) is 2.66. The third-order valence-corrected chi connectivity index (χ3v) is 1.76. The molecule has 13 heavy (non-hydrogen) atoms. The van der Waals surface area contributed by atoms with Crippen LogP contribution in [0.4, 0.5) is 5.95 Å². The molecule has 0 bridgehead atoms. The molecule has 1 aromatic heterocycles. The smallest absolute Gasteiger partial charge is 0.220 e. The van der Waals surface area contributed by atoms with Crippen LogP contribution in [-0.4, -0.2) is 16.3 Å². The van der Waals surface area contributed by atoms with E-state index in [1.54, 1.807) is 24.4 Å². The van der Waals surface area contributed by atoms with Crippen molar-refractivity contribution in [2.75, 3.05) is 5.73 Å². The molecule has 2 rings (SSSR count). The molecule has 0 amide bonds. The van der Waals surface area contributed by atoms with Gasteiger partial charge in [0.05, 0.1) is 5.52 Å². The number of aldehydes is 1. The second-order valence-electron chi connectivity index (χ2n) is 2.66. The van der Waals surface area contributed by atoms with Gasteiger partial charge in [-0.05, 0) is 18.2 Å². The molecule has 0 saturated carbocycles. The SMILES string of the molecule is Nc1ncc2cc(C=O)ccc2n1. The molecule has 0 aliphatic heterocycles. The van der Waals surface area contributed by atoms with Gasteiger partial charge in [0.25, 0.3) is 0 Å². The van der Waals surface area contributed by atoms with E-state index >= 15 is 0 Å². The molecule has 0 aliphatic carbocycles. The minimum atomic E-state index is 0.242. The Morgan fingerprint density at radius 3 is 3.00 bits per heavy atom. The van der Waals surface area contributed by atoms with Gasteiger partial charge in [-0.2, -0.15) is 0 Å². The van der Waals surface area contributed by atoms with Crippen LogP contribution in [0.2, 0.25) is 0 Å². The van der Waals surface area contributed by atoms with Gasteiger partial charge in [-0.3, -0.25) is 4.79 Å². The van der Waals surface area contributed by atoms with Gasteiger partial charge < -0.3 is 5.73 Å². The monoisotopic (exact) mass is 173 g/mol. The summed E-state index contributed by atoms with van der Waals surface area (Å²) >= 11 is 0. The first-order valence-electron chi connectivity index (χ1n) is 3.77. The molecule has 0 radical (unpaired) electrons. The van der Waals surface area contributed by atoms with Crippen molar-refractivity contribution >= 4 is 23.1 Å². The van der Waals surface area contributed by atoms with Gasteiger partial charge in [-0.25, -0.2) is 9.97 Å². The molecule has 0 atom stereocenters. The molecule has 0 fully saturated rings. The van der Waals surface area contributed by atoms with Gasteiger partial charge in [0.2, 0.25) is 5.95 Å². The number of fused-ring (bicyclic) bond motifs is 1. The summed E-state index contributed by atoms with van der Waals surface area (Å²) in [4.78, 5) is 18.3. The zero-order valence-electron chi connectivity index (χ0n) is 6.77. The molecule has 0 aliphatic rings. The van der Waals surface area contributed by atoms with Crippen molar-refractivity contribution < 1.29 is 4.79 Å². The van der Waals surface area contributed by atoms with Crippen molar-refractivity contribution in [3.8, 4) is 0 Å². The Bertz CT molecular complexity index is 467. The standard InChI is InChI=1S/C9H7N3O/c10-9-11-4-7-3-6(5-13)1-2-8(7)12-9/h1-5H,(H2,10,11,12). The first kappa shape index (κ1) is 7.67. The fraction of sp³-hybridized carbons (Fsp3) is 0. The maximum atomic E-state index is 10.5. The van der Waals surface area contributed by atoms with Gasteiger partial charge in [-0.1, -0.05) is 0 Å². The van der Waals surface area contributed by atoms with Crippen LogP contribution in [0.1, 0.15) is 10.4 Å². The number of benzene rings is 1. The first-order chi connectivity index (χ1) is 6.29. The van der Waals surface area contributed by atoms with Crippen LogP contribution in [0.3, 0.4) is 0 Å². The molecule has 1 aromatic carbocycles. The van der Waals surface area contributed by atoms with Crippen molar-refractivity contribution in [1.82, 2.24) is 9.97 Å². The molecular formula is C9H7N3O. The van der Waals surface area contributed by atoms with Crippen LogP contribution in [0.15, 0.2) is 24.4 Å². The largest absolute Gasteiger partial charge is 0.368 e. The van der Waals surface area contributed by atoms with Crippen molar-refractivity contribution in [3.05, 3.63) is 30.0 Å². The molecule has 0 saturated heterocycles. The first-order valence-corrected chi connectivity index (χ1v) is 3.77. The second kappa shape index (κ2) is 2.82. The third kappa shape index (κ3) is 1.33. The molecule has 0 spiro atoms. The number of nitrogens with two attached hydrogens (primary N) is 1. The van der Waals surface area contributed by atoms with E-state index in [-0.39, 0.29) is 5.95 Å². The molecule has 4 heteroatoms. The molecule has 4 nitrogen and oxygen atoms in total. The minimum Gasteiger partial charge on any atom is -0.368 e. The van der Waals surface area contributed by atoms with Crippen LogP contribution >= 0.6 is 0 Å². The highest BCUT2D eigenvalue weighted by molar-refractivity contribution is 5.86. The van der Waals surface area contributed by atoms with E-state index in [2.05, 4.69) is 9.97 Å². The summed E-state index contributed by atoms with van der Waals surface area (Å²) in [6.07, 6.45) is 2.39. The molecule has 2 aromatic rings. The number of rotatable bonds is 1. The summed E-state index contributed by atoms with van der Waals surface area (Å²) < 4.78 is 0. The number of carbonyl (C=O) groups is 1. The Balaban J connectivity index is 2.73. The van der Waals surface area contributed by atoms with Crippen molar-refractivity contribution in [2.24, 2.45) is 0 Å². The fourth-order valence-corrected chi connectivity index (χ4v) is 1.14. The van der Waals surface area contributed by atoms with Gasteiger partial charge >= 0.3 is 0 Å². The topological polar surface area (TPSA) is 68.9 Å². The molecule has 1 heterocycles. The Kier molecular flexibility index (Phi) is 1.66. The van der Waals surface area contributed by atoms with E-state index in [4.69, 9.17) is 5.73 Å². The lowest BCUT2D eigenvalue weighted by atomic mass is 10.2. The van der Waals surface area contributed by atoms with Gasteiger partial charge in [0.1, 0.15) is 6.29 Å². The van der Waals surface area contributed by atoms with Crippen molar-refractivity contribution in [2.45, 2.75) is 0 Å². The average Bonchev–Trinajstić information content (AvgIpc) is 2.17. The van der Waals surface area contributed by atoms with Crippen LogP contribution < -0.4 is 5.73 Å². The zero-order valence-corrected chi connectivity index (χ0v) is 6.77. The average molecular weight is 173 g/mol. The van der Waals surface area contributed by atoms with E-state index in [1.807, 2.05) is 0 Å². The lowest BCUT2D eigenvalue weighted by Gasteiger charge is -1.97. The predicted octanol–water partition coefficient (Wildman–Crippen LogP) is 1.02. The number of hydrogen-bond donors (Lipinski definition) is 1. The summed E-state index contributed by atoms with van der Waals surface area (Å²) in [5.41, 5.74) is 6.76. The van der Waals surface area contributed by atoms with Crippen LogP contribution in [0, 0.1) is 0 Å². The molecule has 0 unspecified atom stereocenters. The van der Waals surface area contributed by atoms with E-state index in [1.165, 1.54) is 0 Å². The van der Waals surface area contributed by atoms with E-state index in [9.17, 15) is 4.79 Å². The summed E-state index contributed by atoms with van der Waals surface area (Å²) in [5, 5.41) is 0.818. The summed E-state index contributed by atoms with van der Waals surface area (Å²) in [6, 6.07) is 5.17. The normalized spacial score (nSPS) is 10.2. The number of anilines is 1. The Hall–Kier alpha value is -1.97. The minimum absolute atomic E-state index is 0.242. The van der Waals surface area contributed by atoms with Gasteiger partial charge in [-0.15, -0.1) is 0 Å². The van der Waals surface area contributed by atoms with Gasteiger partial charge in [0, 0.05) is 17.1 Å². The zero-order chi connectivity index (χ0) is 9.26. The van der Waals surface area contributed by atoms with Crippen molar-refractivity contribution in [3.63, 3.8) is 0 Å². The highest BCUT2D eigenvalue weighted by Crippen LogP contribution is 2.12. The summed E-state index contributed by atoms with van der Waals surface area (Å²) in [6.45, 7) is 0. The molecule has 64 valence electrons. The van der Waals surface area contributed by atoms with E-state index < -0.39 is 0 Å². The maximum Gasteiger partial charge on any atom is 0.220 e. The lowest BCUT2D eigenvalue weighted by Crippen LogP contribution is -1.94. The Morgan fingerprint density at radius 1 is 1.38 bits per heavy atom. The number of nitrogen functional groups attached to an aromatic ring is 1. The number of aromatic nitrogens is 2. The van der Waals surface area contributed by atoms with Crippen molar-refractivity contribution in [1.29, 1.82) is 0 Å². The van der Waals surface area contributed by atoms with Crippen LogP contribution in [-0.2, 0) is 0 Å². The third-order valence-electron chi connectivity index (χ3n) is 1.76. The highest BCUT2D eigenvalue weighted by Gasteiger charge is 1.97. The predicted molar refractivity (Wildman–Crippen MR) is 49.3 cm³/mol. The van der Waals surface area contributed by atoms with Crippen LogP contribution in [0.5, 0.6) is 0 Å². The number of nitrogens with zero attached hydrogens (tertiary/aromatic N) is 2. The highest BCUT2D eigenvalue weighted by atomic mass is 16.1. The Labute approximate surface area is 74.4 Å². The maximum absolute atomic E-state index is 10.5. The number of carbonyl (C=O) groups excluding carboxylic acids is 1. The fourth-order valence-electron chi connectivity index (χ4n) is 1.14. The quantitative estimate of drug-likeness (QED) is 0.654. The van der Waals surface area contributed by atoms with E-state index in [0.717, 1.165) is 17.2 Å². The lowest BCUT2D eigenvalue weighted by molar-refractivity contribution is 0.112. The number of hydrogen-bond acceptors (Lipinski definition) is 4. The molecular weight excluding hydrogens is 166 g/mol. The summed E-state index contributed by atoms with van der Waals surface area (Å²) in [5.74, 6) is 0.242. The molecule has 2 N–H and O–H groups in total. The van der Waals surface area contributed by atoms with E-state index in [0.29, 0.717) is 5.56 Å². The van der Waals surface area contributed by atoms with Gasteiger partial charge in [0.15, 0.2) is 0 Å². The summed E-state index contributed by atoms with van der Waals surface area (Å²) in [7, 11) is 0. The Morgan fingerprint density at radius 2 is 2.23 bits per heavy atom.